The fraction of sp³-hybridized carbons (Fsp3) is 1.00. The van der Waals surface area contributed by atoms with E-state index < -0.39 is 0 Å². The van der Waals surface area contributed by atoms with Gasteiger partial charge in [-0.15, -0.1) is 0 Å². The second-order valence-corrected chi connectivity index (χ2v) is 4.13. The lowest BCUT2D eigenvalue weighted by Crippen LogP contribution is -2.37. The predicted molar refractivity (Wildman–Crippen MR) is 61.4 cm³/mol. The zero-order valence-corrected chi connectivity index (χ0v) is 9.93. The molecule has 0 saturated carbocycles. The van der Waals surface area contributed by atoms with Crippen molar-refractivity contribution in [3.63, 3.8) is 0 Å². The Hall–Kier alpha value is 0.270. The number of aliphatic hydroxyl groups excluding tert-OH is 1. The largest absolute Gasteiger partial charge is 0.395 e. The van der Waals surface area contributed by atoms with Crippen molar-refractivity contribution in [2.45, 2.75) is 33.2 Å². The Morgan fingerprint density at radius 3 is 2.31 bits per heavy atom. The molecular weight excluding hydrogens is 182 g/mol. The van der Waals surface area contributed by atoms with Crippen molar-refractivity contribution in [2.24, 2.45) is 5.92 Å². The Morgan fingerprint density at radius 2 is 2.00 bits per heavy atom. The molecule has 1 unspecified atom stereocenters. The number of aliphatic hydroxyl groups is 1. The molecule has 0 spiro atoms. The van der Waals surface area contributed by atoms with Gasteiger partial charge in [-0.05, 0) is 25.5 Å². The third-order valence-electron chi connectivity index (χ3n) is 2.45. The van der Waals surface area contributed by atoms with Gasteiger partial charge in [0.2, 0.25) is 0 Å². The highest BCUT2D eigenvalue weighted by Crippen LogP contribution is 2.09. The second-order valence-electron chi connectivity index (χ2n) is 3.77. The summed E-state index contributed by atoms with van der Waals surface area (Å²) in [5.74, 6) is 1.59. The summed E-state index contributed by atoms with van der Waals surface area (Å²) >= 11 is 4.32. The molecule has 0 aliphatic heterocycles. The van der Waals surface area contributed by atoms with Crippen LogP contribution in [0.25, 0.3) is 0 Å². The van der Waals surface area contributed by atoms with E-state index in [4.69, 9.17) is 5.11 Å². The van der Waals surface area contributed by atoms with Gasteiger partial charge in [0.15, 0.2) is 0 Å². The van der Waals surface area contributed by atoms with Crippen LogP contribution in [0, 0.1) is 5.92 Å². The Bertz CT molecular complexity index is 115. The second kappa shape index (κ2) is 7.65. The third-order valence-corrected chi connectivity index (χ3v) is 2.96. The SMILES string of the molecule is CCC(CS)CN(CCO)C(C)C. The smallest absolute Gasteiger partial charge is 0.0558 e. The normalized spacial score (nSPS) is 14.1. The standard InChI is InChI=1S/C10H23NOS/c1-4-10(8-13)7-11(5-6-12)9(2)3/h9-10,12-13H,4-8H2,1-3H3. The van der Waals surface area contributed by atoms with Crippen LogP contribution in [0.4, 0.5) is 0 Å². The van der Waals surface area contributed by atoms with E-state index in [2.05, 4.69) is 38.3 Å². The predicted octanol–water partition coefficient (Wildman–Crippen LogP) is 1.65. The van der Waals surface area contributed by atoms with Gasteiger partial charge >= 0.3 is 0 Å². The van der Waals surface area contributed by atoms with Crippen LogP contribution in [0.3, 0.4) is 0 Å². The molecule has 0 aliphatic carbocycles. The minimum atomic E-state index is 0.251. The van der Waals surface area contributed by atoms with E-state index in [9.17, 15) is 0 Å². The van der Waals surface area contributed by atoms with Crippen molar-refractivity contribution < 1.29 is 5.11 Å². The highest BCUT2D eigenvalue weighted by molar-refractivity contribution is 7.80. The minimum absolute atomic E-state index is 0.251. The summed E-state index contributed by atoms with van der Waals surface area (Å²) in [6, 6.07) is 0.515. The van der Waals surface area contributed by atoms with Crippen molar-refractivity contribution >= 4 is 12.6 Å². The lowest BCUT2D eigenvalue weighted by Gasteiger charge is -2.29. The summed E-state index contributed by atoms with van der Waals surface area (Å²) < 4.78 is 0. The molecular formula is C10H23NOS. The van der Waals surface area contributed by atoms with Crippen LogP contribution in [0.2, 0.25) is 0 Å². The molecule has 0 aromatic rings. The lowest BCUT2D eigenvalue weighted by atomic mass is 10.1. The first-order chi connectivity index (χ1) is 6.15. The van der Waals surface area contributed by atoms with Crippen molar-refractivity contribution in [3.8, 4) is 0 Å². The van der Waals surface area contributed by atoms with Gasteiger partial charge in [-0.1, -0.05) is 13.3 Å². The fourth-order valence-electron chi connectivity index (χ4n) is 1.34. The number of hydrogen-bond donors (Lipinski definition) is 2. The maximum absolute atomic E-state index is 8.88. The number of rotatable bonds is 7. The molecule has 0 bridgehead atoms. The quantitative estimate of drug-likeness (QED) is 0.617. The molecule has 0 radical (unpaired) electrons. The lowest BCUT2D eigenvalue weighted by molar-refractivity contribution is 0.148. The summed E-state index contributed by atoms with van der Waals surface area (Å²) in [5.41, 5.74) is 0. The van der Waals surface area contributed by atoms with Gasteiger partial charge in [-0.2, -0.15) is 12.6 Å². The van der Waals surface area contributed by atoms with Crippen LogP contribution in [-0.2, 0) is 0 Å². The minimum Gasteiger partial charge on any atom is -0.395 e. The molecule has 0 rings (SSSR count). The first kappa shape index (κ1) is 13.3. The van der Waals surface area contributed by atoms with Gasteiger partial charge < -0.3 is 5.11 Å². The highest BCUT2D eigenvalue weighted by Gasteiger charge is 2.13. The van der Waals surface area contributed by atoms with E-state index in [-0.39, 0.29) is 6.61 Å². The van der Waals surface area contributed by atoms with Crippen LogP contribution in [-0.4, -0.2) is 41.5 Å². The topological polar surface area (TPSA) is 23.5 Å². The Kier molecular flexibility index (Phi) is 7.81. The van der Waals surface area contributed by atoms with Crippen LogP contribution in [0.1, 0.15) is 27.2 Å². The molecule has 1 atom stereocenters. The first-order valence-corrected chi connectivity index (χ1v) is 5.74. The van der Waals surface area contributed by atoms with E-state index in [1.807, 2.05) is 0 Å². The molecule has 13 heavy (non-hydrogen) atoms. The number of hydrogen-bond acceptors (Lipinski definition) is 3. The zero-order valence-electron chi connectivity index (χ0n) is 9.03. The van der Waals surface area contributed by atoms with Crippen molar-refractivity contribution in [1.82, 2.24) is 4.90 Å². The van der Waals surface area contributed by atoms with E-state index >= 15 is 0 Å². The van der Waals surface area contributed by atoms with E-state index in [1.165, 1.54) is 0 Å². The van der Waals surface area contributed by atoms with E-state index in [0.717, 1.165) is 25.3 Å². The highest BCUT2D eigenvalue weighted by atomic mass is 32.1. The summed E-state index contributed by atoms with van der Waals surface area (Å²) in [6.45, 7) is 8.61. The van der Waals surface area contributed by atoms with Gasteiger partial charge in [-0.25, -0.2) is 0 Å². The molecule has 0 fully saturated rings. The van der Waals surface area contributed by atoms with E-state index in [0.29, 0.717) is 12.0 Å². The number of nitrogens with zero attached hydrogens (tertiary/aromatic N) is 1. The Labute approximate surface area is 87.7 Å². The zero-order chi connectivity index (χ0) is 10.3. The molecule has 80 valence electrons. The van der Waals surface area contributed by atoms with Crippen molar-refractivity contribution in [2.75, 3.05) is 25.4 Å². The monoisotopic (exact) mass is 205 g/mol. The van der Waals surface area contributed by atoms with Gasteiger partial charge in [0, 0.05) is 19.1 Å². The Morgan fingerprint density at radius 1 is 1.38 bits per heavy atom. The first-order valence-electron chi connectivity index (χ1n) is 5.11. The summed E-state index contributed by atoms with van der Waals surface area (Å²) in [6.07, 6.45) is 1.16. The van der Waals surface area contributed by atoms with Crippen LogP contribution >= 0.6 is 12.6 Å². The third kappa shape index (κ3) is 5.55. The molecule has 0 amide bonds. The number of thiol groups is 1. The van der Waals surface area contributed by atoms with Gasteiger partial charge in [0.25, 0.3) is 0 Å². The fourth-order valence-corrected chi connectivity index (χ4v) is 1.71. The molecule has 0 aliphatic rings. The van der Waals surface area contributed by atoms with Gasteiger partial charge in [0.1, 0.15) is 0 Å². The van der Waals surface area contributed by atoms with Crippen LogP contribution in [0.15, 0.2) is 0 Å². The summed E-state index contributed by atoms with van der Waals surface area (Å²) in [5, 5.41) is 8.88. The maximum atomic E-state index is 8.88. The summed E-state index contributed by atoms with van der Waals surface area (Å²) in [4.78, 5) is 2.31. The van der Waals surface area contributed by atoms with Crippen LogP contribution < -0.4 is 0 Å². The van der Waals surface area contributed by atoms with Crippen molar-refractivity contribution in [3.05, 3.63) is 0 Å². The van der Waals surface area contributed by atoms with E-state index in [1.54, 1.807) is 0 Å². The van der Waals surface area contributed by atoms with Crippen molar-refractivity contribution in [1.29, 1.82) is 0 Å². The van der Waals surface area contributed by atoms with Crippen LogP contribution in [0.5, 0.6) is 0 Å². The van der Waals surface area contributed by atoms with Gasteiger partial charge in [0.05, 0.1) is 6.61 Å². The maximum Gasteiger partial charge on any atom is 0.0558 e. The molecule has 0 saturated heterocycles. The molecule has 2 nitrogen and oxygen atoms in total. The molecule has 0 aromatic heterocycles. The Balaban J connectivity index is 3.91. The summed E-state index contributed by atoms with van der Waals surface area (Å²) in [7, 11) is 0. The molecule has 1 N–H and O–H groups in total. The molecule has 0 aromatic carbocycles. The average Bonchev–Trinajstić information content (AvgIpc) is 2.11. The molecule has 0 heterocycles. The molecule has 3 heteroatoms. The van der Waals surface area contributed by atoms with Gasteiger partial charge in [-0.3, -0.25) is 4.90 Å². The average molecular weight is 205 g/mol.